The molecular formula is C18H24NO5-. The van der Waals surface area contributed by atoms with Gasteiger partial charge in [0.1, 0.15) is 12.4 Å². The molecule has 1 saturated carbocycles. The number of anilines is 1. The normalized spacial score (nSPS) is 24.1. The Balaban J connectivity index is 1.98. The van der Waals surface area contributed by atoms with Crippen molar-refractivity contribution >= 4 is 17.4 Å². The van der Waals surface area contributed by atoms with E-state index in [9.17, 15) is 14.8 Å². The van der Waals surface area contributed by atoms with Gasteiger partial charge >= 0.3 is 5.97 Å². The Labute approximate surface area is 141 Å². The lowest BCUT2D eigenvalue weighted by Crippen LogP contribution is -2.39. The largest absolute Gasteiger partial charge is 0.733 e. The van der Waals surface area contributed by atoms with Gasteiger partial charge in [0.25, 0.3) is 0 Å². The number of ether oxygens (including phenoxy) is 1. The first-order valence-electron chi connectivity index (χ1n) is 8.28. The summed E-state index contributed by atoms with van der Waals surface area (Å²) in [7, 11) is 0. The van der Waals surface area contributed by atoms with E-state index in [-0.39, 0.29) is 46.6 Å². The van der Waals surface area contributed by atoms with Gasteiger partial charge in [-0.1, -0.05) is 20.8 Å². The molecule has 0 radical (unpaired) electrons. The number of nitrogens with zero attached hydrogens (tertiary/aromatic N) is 1. The highest BCUT2D eigenvalue weighted by molar-refractivity contribution is 5.90. The van der Waals surface area contributed by atoms with E-state index in [4.69, 9.17) is 9.94 Å². The molecular weight excluding hydrogens is 310 g/mol. The highest BCUT2D eigenvalue weighted by Gasteiger charge is 2.37. The Bertz CT molecular complexity index is 582. The molecule has 1 aromatic rings. The average molecular weight is 334 g/mol. The number of rotatable bonds is 5. The van der Waals surface area contributed by atoms with Crippen LogP contribution in [-0.2, 0) is 9.53 Å². The molecule has 2 rings (SSSR count). The van der Waals surface area contributed by atoms with Gasteiger partial charge in [-0.2, -0.15) is 0 Å². The lowest BCUT2D eigenvalue weighted by molar-refractivity contribution is -0.134. The summed E-state index contributed by atoms with van der Waals surface area (Å²) in [6.07, 6.45) is 1.86. The van der Waals surface area contributed by atoms with E-state index in [1.165, 1.54) is 24.3 Å². The summed E-state index contributed by atoms with van der Waals surface area (Å²) < 4.78 is 5.32. The number of benzene rings is 1. The van der Waals surface area contributed by atoms with E-state index in [0.29, 0.717) is 5.92 Å². The molecule has 132 valence electrons. The van der Waals surface area contributed by atoms with E-state index in [0.717, 1.165) is 12.8 Å². The molecule has 0 aromatic heterocycles. The van der Waals surface area contributed by atoms with Crippen LogP contribution < -0.4 is 5.23 Å². The van der Waals surface area contributed by atoms with Crippen LogP contribution in [0.1, 0.15) is 44.0 Å². The SMILES string of the molecule is CC(C)C1CCC(C)C(COC(=O)c2ccc(N([O-])O)cc2)C1=O. The van der Waals surface area contributed by atoms with Crippen LogP contribution in [0.25, 0.3) is 0 Å². The van der Waals surface area contributed by atoms with E-state index in [1.807, 2.05) is 20.8 Å². The van der Waals surface area contributed by atoms with Crippen LogP contribution in [0.15, 0.2) is 24.3 Å². The molecule has 1 aromatic carbocycles. The topological polar surface area (TPSA) is 89.9 Å². The molecule has 1 aliphatic rings. The number of Topliss-reactive ketones (excluding diaryl/α,β-unsaturated/α-hetero) is 1. The Morgan fingerprint density at radius 2 is 1.96 bits per heavy atom. The summed E-state index contributed by atoms with van der Waals surface area (Å²) in [5.41, 5.74) is 0.305. The number of esters is 1. The van der Waals surface area contributed by atoms with Gasteiger partial charge in [0, 0.05) is 5.92 Å². The zero-order chi connectivity index (χ0) is 17.9. The van der Waals surface area contributed by atoms with Crippen molar-refractivity contribution in [3.63, 3.8) is 0 Å². The summed E-state index contributed by atoms with van der Waals surface area (Å²) in [5, 5.41) is 19.2. The fourth-order valence-corrected chi connectivity index (χ4v) is 3.22. The fraction of sp³-hybridized carbons (Fsp3) is 0.556. The number of hydrogen-bond acceptors (Lipinski definition) is 6. The number of carbonyl (C=O) groups excluding carboxylic acids is 2. The van der Waals surface area contributed by atoms with Gasteiger partial charge in [-0.25, -0.2) is 4.79 Å². The molecule has 3 atom stereocenters. The van der Waals surface area contributed by atoms with Crippen LogP contribution in [0.2, 0.25) is 0 Å². The van der Waals surface area contributed by atoms with Gasteiger partial charge in [-0.05, 0) is 48.9 Å². The molecule has 1 fully saturated rings. The fourth-order valence-electron chi connectivity index (χ4n) is 3.22. The van der Waals surface area contributed by atoms with Gasteiger partial charge in [-0.15, -0.1) is 0 Å². The van der Waals surface area contributed by atoms with E-state index < -0.39 is 5.97 Å². The van der Waals surface area contributed by atoms with Gasteiger partial charge in [-0.3, -0.25) is 10.0 Å². The van der Waals surface area contributed by atoms with Crippen LogP contribution in [0.3, 0.4) is 0 Å². The first-order chi connectivity index (χ1) is 11.3. The molecule has 6 heteroatoms. The standard InChI is InChI=1S/C18H24NO5/c1-11(2)15-9-4-12(3)16(17(15)20)10-24-18(21)13-5-7-14(8-6-13)19(22)23/h5-8,11-12,15-16,22H,4,9-10H2,1-3H3/q-1. The van der Waals surface area contributed by atoms with Crippen LogP contribution in [-0.4, -0.2) is 23.6 Å². The van der Waals surface area contributed by atoms with Crippen LogP contribution >= 0.6 is 0 Å². The van der Waals surface area contributed by atoms with Crippen molar-refractivity contribution in [2.45, 2.75) is 33.6 Å². The predicted molar refractivity (Wildman–Crippen MR) is 89.6 cm³/mol. The summed E-state index contributed by atoms with van der Waals surface area (Å²) in [6.45, 7) is 6.19. The molecule has 0 aliphatic heterocycles. The van der Waals surface area contributed by atoms with Crippen molar-refractivity contribution in [3.05, 3.63) is 35.0 Å². The second-order valence-electron chi connectivity index (χ2n) is 6.83. The smallest absolute Gasteiger partial charge is 0.338 e. The number of carbonyl (C=O) groups is 2. The van der Waals surface area contributed by atoms with E-state index in [1.54, 1.807) is 0 Å². The summed E-state index contributed by atoms with van der Waals surface area (Å²) in [4.78, 5) is 24.7. The van der Waals surface area contributed by atoms with Crippen LogP contribution in [0, 0.1) is 28.9 Å². The molecule has 6 nitrogen and oxygen atoms in total. The quantitative estimate of drug-likeness (QED) is 0.655. The van der Waals surface area contributed by atoms with Crippen molar-refractivity contribution in [1.82, 2.24) is 0 Å². The molecule has 24 heavy (non-hydrogen) atoms. The average Bonchev–Trinajstić information content (AvgIpc) is 2.54. The minimum absolute atomic E-state index is 0.0300. The monoisotopic (exact) mass is 334 g/mol. The Hall–Kier alpha value is -1.92. The second-order valence-corrected chi connectivity index (χ2v) is 6.83. The lowest BCUT2D eigenvalue weighted by atomic mass is 9.70. The Morgan fingerprint density at radius 3 is 2.50 bits per heavy atom. The third-order valence-corrected chi connectivity index (χ3v) is 4.87. The first kappa shape index (κ1) is 18.4. The molecule has 0 amide bonds. The third-order valence-electron chi connectivity index (χ3n) is 4.87. The minimum atomic E-state index is -0.538. The van der Waals surface area contributed by atoms with Crippen molar-refractivity contribution in [3.8, 4) is 0 Å². The molecule has 1 aliphatic carbocycles. The lowest BCUT2D eigenvalue weighted by Gasteiger charge is -2.34. The molecule has 0 saturated heterocycles. The van der Waals surface area contributed by atoms with Crippen LogP contribution in [0.4, 0.5) is 5.69 Å². The molecule has 0 spiro atoms. The Kier molecular flexibility index (Phi) is 5.96. The maximum absolute atomic E-state index is 12.6. The predicted octanol–water partition coefficient (Wildman–Crippen LogP) is 3.42. The summed E-state index contributed by atoms with van der Waals surface area (Å²) >= 11 is 0. The molecule has 0 heterocycles. The zero-order valence-electron chi connectivity index (χ0n) is 14.3. The second kappa shape index (κ2) is 7.77. The van der Waals surface area contributed by atoms with Gasteiger partial charge in [0.05, 0.1) is 17.2 Å². The maximum atomic E-state index is 12.6. The number of hydrogen-bond donors (Lipinski definition) is 1. The minimum Gasteiger partial charge on any atom is -0.733 e. The highest BCUT2D eigenvalue weighted by Crippen LogP contribution is 2.34. The highest BCUT2D eigenvalue weighted by atomic mass is 16.8. The summed E-state index contributed by atoms with van der Waals surface area (Å²) in [5.74, 6) is -0.0751. The van der Waals surface area contributed by atoms with Gasteiger partial charge < -0.3 is 15.2 Å². The van der Waals surface area contributed by atoms with Crippen molar-refractivity contribution in [1.29, 1.82) is 0 Å². The van der Waals surface area contributed by atoms with Crippen molar-refractivity contribution in [2.75, 3.05) is 11.8 Å². The van der Waals surface area contributed by atoms with Crippen molar-refractivity contribution in [2.24, 2.45) is 23.7 Å². The third kappa shape index (κ3) is 4.13. The first-order valence-corrected chi connectivity index (χ1v) is 8.28. The zero-order valence-corrected chi connectivity index (χ0v) is 14.3. The van der Waals surface area contributed by atoms with Gasteiger partial charge in [0.15, 0.2) is 0 Å². The summed E-state index contributed by atoms with van der Waals surface area (Å²) in [6, 6.07) is 5.46. The van der Waals surface area contributed by atoms with Crippen molar-refractivity contribution < 1.29 is 19.5 Å². The molecule has 1 N–H and O–H groups in total. The van der Waals surface area contributed by atoms with E-state index >= 15 is 0 Å². The number of ketones is 1. The Morgan fingerprint density at radius 1 is 1.33 bits per heavy atom. The molecule has 3 unspecified atom stereocenters. The molecule has 0 bridgehead atoms. The van der Waals surface area contributed by atoms with Gasteiger partial charge in [0.2, 0.25) is 0 Å². The van der Waals surface area contributed by atoms with Crippen LogP contribution in [0.5, 0.6) is 0 Å². The maximum Gasteiger partial charge on any atom is 0.338 e. The van der Waals surface area contributed by atoms with E-state index in [2.05, 4.69) is 0 Å².